The minimum Gasteiger partial charge on any atom is -0.494 e. The first-order valence-electron chi connectivity index (χ1n) is 36.1. The van der Waals surface area contributed by atoms with Crippen molar-refractivity contribution in [1.82, 2.24) is 74.7 Å². The van der Waals surface area contributed by atoms with Crippen molar-refractivity contribution in [3.05, 3.63) is 114 Å². The van der Waals surface area contributed by atoms with Gasteiger partial charge < -0.3 is 69.8 Å². The molecule has 11 rings (SSSR count). The summed E-state index contributed by atoms with van der Waals surface area (Å²) in [5.41, 5.74) is 18.4. The van der Waals surface area contributed by atoms with E-state index >= 15 is 0 Å². The van der Waals surface area contributed by atoms with E-state index in [-0.39, 0.29) is 68.3 Å². The van der Waals surface area contributed by atoms with Crippen LogP contribution in [0.2, 0.25) is 0 Å². The number of H-pyrrole nitrogens is 3. The number of rotatable bonds is 31. The van der Waals surface area contributed by atoms with Crippen molar-refractivity contribution in [3.8, 4) is 45.7 Å². The molecule has 2 saturated heterocycles. The van der Waals surface area contributed by atoms with Crippen molar-refractivity contribution in [2.75, 3.05) is 129 Å². The molecule has 25 heteroatoms. The summed E-state index contributed by atoms with van der Waals surface area (Å²) in [6, 6.07) is 31.0. The van der Waals surface area contributed by atoms with E-state index in [1.54, 1.807) is 10.9 Å². The van der Waals surface area contributed by atoms with Gasteiger partial charge in [0.15, 0.2) is 0 Å². The number of anilines is 2. The molecular formula is C77H102N18O7. The fourth-order valence-electron chi connectivity index (χ4n) is 13.2. The van der Waals surface area contributed by atoms with Crippen LogP contribution in [-0.4, -0.2) is 218 Å². The van der Waals surface area contributed by atoms with Crippen molar-refractivity contribution >= 4 is 74.0 Å². The summed E-state index contributed by atoms with van der Waals surface area (Å²) >= 11 is 0. The highest BCUT2D eigenvalue weighted by Crippen LogP contribution is 2.43. The number of piperazine rings is 2. The molecule has 0 saturated carbocycles. The zero-order valence-electron chi connectivity index (χ0n) is 61.2. The molecule has 0 unspecified atom stereocenters. The van der Waals surface area contributed by atoms with E-state index in [2.05, 4.69) is 160 Å². The van der Waals surface area contributed by atoms with Crippen LogP contribution in [0.15, 0.2) is 97.2 Å². The maximum Gasteiger partial charge on any atom is 0.243 e. The molecule has 5 amide bonds. The monoisotopic (exact) mass is 1390 g/mol. The fourth-order valence-corrected chi connectivity index (χ4v) is 13.2. The smallest absolute Gasteiger partial charge is 0.243 e. The molecule has 4 aromatic heterocycles. The number of aromatic nitrogens is 9. The first-order valence-corrected chi connectivity index (χ1v) is 36.1. The molecular weight excluding hydrogens is 1290 g/mol. The number of nitrogens with one attached hydrogen (secondary N) is 4. The number of fused-ring (bicyclic) bond motifs is 3. The Labute approximate surface area is 597 Å². The van der Waals surface area contributed by atoms with Gasteiger partial charge in [-0.15, -0.1) is 5.10 Å². The van der Waals surface area contributed by atoms with Gasteiger partial charge in [-0.3, -0.25) is 28.7 Å². The average Bonchev–Trinajstić information content (AvgIpc) is 1.21. The Bertz CT molecular complexity index is 4350. The highest BCUT2D eigenvalue weighted by Gasteiger charge is 2.31. The highest BCUT2D eigenvalue weighted by atomic mass is 16.5. The van der Waals surface area contributed by atoms with Gasteiger partial charge in [-0.1, -0.05) is 72.7 Å². The van der Waals surface area contributed by atoms with E-state index < -0.39 is 24.3 Å². The Hall–Kier alpha value is -9.88. The number of likely N-dealkylation sites (N-methyl/N-ethyl adjacent to an activating group) is 2. The molecule has 25 nitrogen and oxygen atoms in total. The maximum atomic E-state index is 14.0. The Balaban J connectivity index is 0.613. The Morgan fingerprint density at radius 2 is 1.11 bits per heavy atom. The lowest BCUT2D eigenvalue weighted by molar-refractivity contribution is -0.145. The highest BCUT2D eigenvalue weighted by molar-refractivity contribution is 5.91. The number of nitrogens with two attached hydrogens (primary N) is 1. The zero-order chi connectivity index (χ0) is 72.2. The maximum absolute atomic E-state index is 14.0. The minimum absolute atomic E-state index is 0.0790. The second-order valence-corrected chi connectivity index (χ2v) is 29.3. The number of aromatic amines is 3. The second kappa shape index (κ2) is 32.8. The number of primary amides is 1. The Morgan fingerprint density at radius 1 is 0.559 bits per heavy atom. The largest absolute Gasteiger partial charge is 0.494 e. The third kappa shape index (κ3) is 18.8. The fraction of sp³-hybridized carbons (Fsp3) is 0.481. The van der Waals surface area contributed by atoms with Gasteiger partial charge in [0.1, 0.15) is 34.7 Å². The molecule has 542 valence electrons. The van der Waals surface area contributed by atoms with Crippen molar-refractivity contribution in [1.29, 1.82) is 0 Å². The third-order valence-corrected chi connectivity index (χ3v) is 19.0. The van der Waals surface area contributed by atoms with E-state index in [1.807, 2.05) is 50.2 Å². The molecule has 102 heavy (non-hydrogen) atoms. The van der Waals surface area contributed by atoms with Gasteiger partial charge >= 0.3 is 0 Å². The van der Waals surface area contributed by atoms with Crippen molar-refractivity contribution in [3.63, 3.8) is 0 Å². The molecule has 6 N–H and O–H groups in total. The summed E-state index contributed by atoms with van der Waals surface area (Å²) in [6.45, 7) is 26.1. The first-order chi connectivity index (χ1) is 48.9. The predicted molar refractivity (Wildman–Crippen MR) is 400 cm³/mol. The van der Waals surface area contributed by atoms with Gasteiger partial charge in [-0.25, -0.2) is 15.0 Å². The molecule has 2 fully saturated rings. The number of benzene rings is 5. The van der Waals surface area contributed by atoms with E-state index in [4.69, 9.17) is 30.2 Å². The van der Waals surface area contributed by atoms with Crippen LogP contribution >= 0.6 is 0 Å². The Morgan fingerprint density at radius 3 is 1.75 bits per heavy atom. The molecule has 0 radical (unpaired) electrons. The number of carbonyl (C=O) groups is 5. The van der Waals surface area contributed by atoms with Crippen LogP contribution in [0, 0.1) is 0 Å². The van der Waals surface area contributed by atoms with Crippen LogP contribution in [0.3, 0.4) is 0 Å². The molecule has 2 aliphatic heterocycles. The van der Waals surface area contributed by atoms with Crippen LogP contribution < -0.4 is 30.3 Å². The lowest BCUT2D eigenvalue weighted by atomic mass is 9.78. The normalized spacial score (nSPS) is 14.1. The Kier molecular flexibility index (Phi) is 23.6. The van der Waals surface area contributed by atoms with Crippen molar-refractivity contribution in [2.45, 2.75) is 124 Å². The summed E-state index contributed by atoms with van der Waals surface area (Å²) < 4.78 is 14.4. The lowest BCUT2D eigenvalue weighted by Crippen LogP contribution is -2.49. The van der Waals surface area contributed by atoms with Crippen molar-refractivity contribution in [2.24, 2.45) is 5.73 Å². The molecule has 5 aromatic carbocycles. The van der Waals surface area contributed by atoms with E-state index in [1.165, 1.54) is 26.1 Å². The number of ether oxygens (including phenoxy) is 2. The average molecular weight is 1390 g/mol. The zero-order valence-corrected chi connectivity index (χ0v) is 61.2. The van der Waals surface area contributed by atoms with E-state index in [9.17, 15) is 24.0 Å². The van der Waals surface area contributed by atoms with Gasteiger partial charge in [0.05, 0.1) is 78.7 Å². The van der Waals surface area contributed by atoms with Gasteiger partial charge in [-0.2, -0.15) is 0 Å². The number of imidazole rings is 3. The molecule has 0 spiro atoms. The van der Waals surface area contributed by atoms with Gasteiger partial charge in [-0.05, 0) is 136 Å². The van der Waals surface area contributed by atoms with Gasteiger partial charge in [0.2, 0.25) is 29.5 Å². The molecule has 0 aliphatic carbocycles. The first kappa shape index (κ1) is 73.3. The standard InChI is InChI=1S/C77H102N18O7/c1-11-28-92(69(98)20-15-39-101-58-18-13-17-52(41-58)73-80-61-24-21-53(44-64(61)83-73)74-81-62-25-22-56(45-65(62)84-74)90-35-31-88(9)32-36-90)50-70(99)93(29-12-2)51-71(100)94(49-67(78)96)47-55-48-95(87-86-55)30-16-27-79-68(97)19-14-40-102-72-59(76(3,4)5)42-54(43-60(72)77(6,7)8)75-82-63-26-23-57(46-66(63)85-75)91-37-33-89(10)34-38-91/h13,17-18,21-26,41-46,48H,11-12,14-16,19-20,27-40,47,49-51H2,1-10H3,(H2,78,96)(H,79,97)(H,80,83)(H,81,84)(H,82,85). The molecule has 0 bridgehead atoms. The molecule has 6 heterocycles. The van der Waals surface area contributed by atoms with Crippen molar-refractivity contribution < 1.29 is 33.4 Å². The van der Waals surface area contributed by atoms with E-state index in [0.29, 0.717) is 75.6 Å². The summed E-state index contributed by atoms with van der Waals surface area (Å²) in [4.78, 5) is 107. The summed E-state index contributed by atoms with van der Waals surface area (Å²) in [6.07, 6.45) is 4.76. The number of amides is 5. The van der Waals surface area contributed by atoms with Crippen LogP contribution in [0.1, 0.15) is 117 Å². The minimum atomic E-state index is -0.730. The number of aryl methyl sites for hydroxylation is 1. The third-order valence-electron chi connectivity index (χ3n) is 19.0. The van der Waals surface area contributed by atoms with Gasteiger partial charge in [0, 0.05) is 131 Å². The van der Waals surface area contributed by atoms with Crippen LogP contribution in [-0.2, 0) is 47.9 Å². The lowest BCUT2D eigenvalue weighted by Gasteiger charge is -2.34. The second-order valence-electron chi connectivity index (χ2n) is 29.3. The quantitative estimate of drug-likeness (QED) is 0.0253. The van der Waals surface area contributed by atoms with Crippen LogP contribution in [0.25, 0.3) is 67.3 Å². The summed E-state index contributed by atoms with van der Waals surface area (Å²) in [5, 5.41) is 11.5. The van der Waals surface area contributed by atoms with Gasteiger partial charge in [0.25, 0.3) is 0 Å². The van der Waals surface area contributed by atoms with Crippen LogP contribution in [0.5, 0.6) is 11.5 Å². The van der Waals surface area contributed by atoms with Crippen LogP contribution in [0.4, 0.5) is 11.4 Å². The predicted octanol–water partition coefficient (Wildman–Crippen LogP) is 9.52. The SMILES string of the molecule is CCCN(CC(=O)N(CCC)CC(=O)N(CC(N)=O)Cc1cn(CCCNC(=O)CCCOc2c(C(C)(C)C)cc(-c3nc4cc(N5CCN(C)CC5)ccc4[nH]3)cc2C(C)(C)C)nn1)C(=O)CCCOc1cccc(-c2nc3ccc(-c4nc5ccc(N6CCN(C)CC6)cc5[nH]4)cc3[nH]2)c1. The summed E-state index contributed by atoms with van der Waals surface area (Å²) in [5.74, 6) is 1.84. The number of hydrogen-bond donors (Lipinski definition) is 5. The molecule has 2 aliphatic rings. The molecule has 9 aromatic rings. The number of nitrogens with zero attached hydrogens (tertiary/aromatic N) is 13. The summed E-state index contributed by atoms with van der Waals surface area (Å²) in [7, 11) is 4.33. The van der Waals surface area contributed by atoms with E-state index in [0.717, 1.165) is 131 Å². The molecule has 0 atom stereocenters. The number of hydrogen-bond acceptors (Lipinski definition) is 16. The topological polar surface area (TPSA) is 281 Å². The number of carbonyl (C=O) groups excluding carboxylic acids is 5.